The van der Waals surface area contributed by atoms with Gasteiger partial charge in [0.2, 0.25) is 10.0 Å². The monoisotopic (exact) mass is 313 g/mol. The van der Waals surface area contributed by atoms with Crippen molar-refractivity contribution >= 4 is 15.7 Å². The summed E-state index contributed by atoms with van der Waals surface area (Å²) in [6, 6.07) is 3.93. The molecule has 7 heteroatoms. The van der Waals surface area contributed by atoms with Gasteiger partial charge in [-0.3, -0.25) is 0 Å². The molecule has 3 rings (SSSR count). The molecule has 0 aromatic heterocycles. The van der Waals surface area contributed by atoms with Crippen molar-refractivity contribution in [3.05, 3.63) is 24.0 Å². The summed E-state index contributed by atoms with van der Waals surface area (Å²) in [7, 11) is -3.87. The Hall–Kier alpha value is -1.18. The number of nitrogens with zero attached hydrogens (tertiary/aromatic N) is 1. The molecule has 3 N–H and O–H groups in total. The van der Waals surface area contributed by atoms with Crippen LogP contribution in [0.25, 0.3) is 0 Å². The molecule has 0 bridgehead atoms. The Balaban J connectivity index is 1.75. The minimum atomic E-state index is -3.87. The van der Waals surface area contributed by atoms with E-state index in [4.69, 9.17) is 5.73 Å². The van der Waals surface area contributed by atoms with Crippen molar-refractivity contribution in [1.82, 2.24) is 9.62 Å². The maximum atomic E-state index is 13.8. The zero-order chi connectivity index (χ0) is 15.0. The minimum Gasteiger partial charge on any atom is -0.399 e. The van der Waals surface area contributed by atoms with E-state index in [1.807, 2.05) is 0 Å². The number of piperidine rings is 1. The first-order valence-electron chi connectivity index (χ1n) is 7.27. The second-order valence-electron chi connectivity index (χ2n) is 5.86. The zero-order valence-electron chi connectivity index (χ0n) is 11.8. The van der Waals surface area contributed by atoms with E-state index < -0.39 is 15.8 Å². The molecule has 2 fully saturated rings. The molecule has 5 nitrogen and oxygen atoms in total. The van der Waals surface area contributed by atoms with E-state index in [2.05, 4.69) is 9.62 Å². The van der Waals surface area contributed by atoms with E-state index in [-0.39, 0.29) is 16.6 Å². The number of hydrogen-bond acceptors (Lipinski definition) is 4. The molecular weight excluding hydrogens is 293 g/mol. The zero-order valence-corrected chi connectivity index (χ0v) is 12.6. The lowest BCUT2D eigenvalue weighted by molar-refractivity contribution is 0.176. The number of sulfonamides is 1. The first-order chi connectivity index (χ1) is 9.95. The Morgan fingerprint density at radius 1 is 1.29 bits per heavy atom. The van der Waals surface area contributed by atoms with Crippen molar-refractivity contribution in [3.8, 4) is 0 Å². The van der Waals surface area contributed by atoms with E-state index in [1.54, 1.807) is 0 Å². The SMILES string of the molecule is Nc1ccc(F)c(S(=O)(=O)NC2CCN3CCCC3C2)c1. The molecule has 1 aromatic carbocycles. The van der Waals surface area contributed by atoms with Gasteiger partial charge in [-0.05, 0) is 57.0 Å². The van der Waals surface area contributed by atoms with Gasteiger partial charge < -0.3 is 10.6 Å². The quantitative estimate of drug-likeness (QED) is 0.825. The molecule has 0 amide bonds. The van der Waals surface area contributed by atoms with Crippen LogP contribution in [0.5, 0.6) is 0 Å². The van der Waals surface area contributed by atoms with Gasteiger partial charge >= 0.3 is 0 Å². The molecule has 2 aliphatic rings. The van der Waals surface area contributed by atoms with Crippen LogP contribution in [0.3, 0.4) is 0 Å². The molecule has 1 aromatic rings. The second kappa shape index (κ2) is 5.55. The lowest BCUT2D eigenvalue weighted by Gasteiger charge is -2.34. The number of rotatable bonds is 3. The number of halogens is 1. The summed E-state index contributed by atoms with van der Waals surface area (Å²) in [5.41, 5.74) is 5.80. The van der Waals surface area contributed by atoms with Gasteiger partial charge in [0, 0.05) is 17.8 Å². The molecule has 0 spiro atoms. The lowest BCUT2D eigenvalue weighted by atomic mass is 9.99. The molecule has 2 heterocycles. The standard InChI is InChI=1S/C14H20FN3O2S/c15-13-4-3-10(16)8-14(13)21(19,20)17-11-5-7-18-6-1-2-12(18)9-11/h3-4,8,11-12,17H,1-2,5-7,9,16H2. The second-order valence-corrected chi connectivity index (χ2v) is 7.55. The molecule has 116 valence electrons. The van der Waals surface area contributed by atoms with Crippen LogP contribution in [0.2, 0.25) is 0 Å². The Kier molecular flexibility index (Phi) is 3.90. The molecule has 0 saturated carbocycles. The topological polar surface area (TPSA) is 75.4 Å². The van der Waals surface area contributed by atoms with Crippen molar-refractivity contribution in [2.45, 2.75) is 42.7 Å². The molecule has 2 saturated heterocycles. The van der Waals surface area contributed by atoms with Crippen LogP contribution >= 0.6 is 0 Å². The van der Waals surface area contributed by atoms with Crippen LogP contribution in [0.4, 0.5) is 10.1 Å². The van der Waals surface area contributed by atoms with E-state index in [1.165, 1.54) is 18.6 Å². The Morgan fingerprint density at radius 3 is 2.90 bits per heavy atom. The van der Waals surface area contributed by atoms with Crippen LogP contribution in [-0.4, -0.2) is 38.5 Å². The number of nitrogens with two attached hydrogens (primary N) is 1. The van der Waals surface area contributed by atoms with E-state index in [9.17, 15) is 12.8 Å². The van der Waals surface area contributed by atoms with Gasteiger partial charge in [-0.1, -0.05) is 0 Å². The molecule has 21 heavy (non-hydrogen) atoms. The van der Waals surface area contributed by atoms with Crippen molar-refractivity contribution in [1.29, 1.82) is 0 Å². The Morgan fingerprint density at radius 2 is 2.10 bits per heavy atom. The molecule has 0 radical (unpaired) electrons. The van der Waals surface area contributed by atoms with E-state index in [0.717, 1.165) is 38.4 Å². The highest BCUT2D eigenvalue weighted by Crippen LogP contribution is 2.28. The minimum absolute atomic E-state index is 0.129. The van der Waals surface area contributed by atoms with E-state index in [0.29, 0.717) is 6.04 Å². The molecular formula is C14H20FN3O2S. The van der Waals surface area contributed by atoms with Gasteiger partial charge in [0.1, 0.15) is 10.7 Å². The summed E-state index contributed by atoms with van der Waals surface area (Å²) >= 11 is 0. The highest BCUT2D eigenvalue weighted by Gasteiger charge is 2.34. The van der Waals surface area contributed by atoms with Crippen LogP contribution < -0.4 is 10.5 Å². The third-order valence-electron chi connectivity index (χ3n) is 4.39. The van der Waals surface area contributed by atoms with Crippen molar-refractivity contribution in [2.24, 2.45) is 0 Å². The summed E-state index contributed by atoms with van der Waals surface area (Å²) in [6.07, 6.45) is 3.85. The summed E-state index contributed by atoms with van der Waals surface area (Å²) in [4.78, 5) is 2.04. The largest absolute Gasteiger partial charge is 0.399 e. The van der Waals surface area contributed by atoms with Crippen molar-refractivity contribution < 1.29 is 12.8 Å². The van der Waals surface area contributed by atoms with Crippen LogP contribution in [-0.2, 0) is 10.0 Å². The average Bonchev–Trinajstić information content (AvgIpc) is 2.88. The normalized spacial score (nSPS) is 26.7. The van der Waals surface area contributed by atoms with Gasteiger partial charge in [0.05, 0.1) is 0 Å². The van der Waals surface area contributed by atoms with Crippen LogP contribution in [0, 0.1) is 5.82 Å². The molecule has 2 atom stereocenters. The van der Waals surface area contributed by atoms with Gasteiger partial charge in [-0.25, -0.2) is 17.5 Å². The number of nitrogens with one attached hydrogen (secondary N) is 1. The maximum absolute atomic E-state index is 13.8. The van der Waals surface area contributed by atoms with Crippen LogP contribution in [0.15, 0.2) is 23.1 Å². The third kappa shape index (κ3) is 3.04. The predicted molar refractivity (Wildman–Crippen MR) is 78.8 cm³/mol. The average molecular weight is 313 g/mol. The van der Waals surface area contributed by atoms with Crippen molar-refractivity contribution in [2.75, 3.05) is 18.8 Å². The summed E-state index contributed by atoms with van der Waals surface area (Å²) in [5, 5.41) is 0. The van der Waals surface area contributed by atoms with Crippen molar-refractivity contribution in [3.63, 3.8) is 0 Å². The molecule has 2 aliphatic heterocycles. The first-order valence-corrected chi connectivity index (χ1v) is 8.75. The number of anilines is 1. The smallest absolute Gasteiger partial charge is 0.243 e. The Bertz CT molecular complexity index is 635. The number of hydrogen-bond donors (Lipinski definition) is 2. The van der Waals surface area contributed by atoms with Gasteiger partial charge in [-0.15, -0.1) is 0 Å². The fraction of sp³-hybridized carbons (Fsp3) is 0.571. The summed E-state index contributed by atoms with van der Waals surface area (Å²) < 4.78 is 41.1. The predicted octanol–water partition coefficient (Wildman–Crippen LogP) is 1.31. The van der Waals surface area contributed by atoms with E-state index >= 15 is 0 Å². The lowest BCUT2D eigenvalue weighted by Crippen LogP contribution is -2.47. The first kappa shape index (κ1) is 14.7. The number of fused-ring (bicyclic) bond motifs is 1. The molecule has 0 aliphatic carbocycles. The fourth-order valence-electron chi connectivity index (χ4n) is 3.34. The number of nitrogen functional groups attached to an aromatic ring is 1. The summed E-state index contributed by atoms with van der Waals surface area (Å²) in [5.74, 6) is -0.769. The highest BCUT2D eigenvalue weighted by atomic mass is 32.2. The molecule has 2 unspecified atom stereocenters. The summed E-state index contributed by atoms with van der Waals surface area (Å²) in [6.45, 7) is 2.01. The van der Waals surface area contributed by atoms with Gasteiger partial charge in [-0.2, -0.15) is 0 Å². The van der Waals surface area contributed by atoms with Gasteiger partial charge in [0.15, 0.2) is 0 Å². The van der Waals surface area contributed by atoms with Crippen LogP contribution in [0.1, 0.15) is 25.7 Å². The maximum Gasteiger partial charge on any atom is 0.243 e. The Labute approximate surface area is 124 Å². The van der Waals surface area contributed by atoms with Gasteiger partial charge in [0.25, 0.3) is 0 Å². The third-order valence-corrected chi connectivity index (χ3v) is 5.92. The highest BCUT2D eigenvalue weighted by molar-refractivity contribution is 7.89. The fourth-order valence-corrected chi connectivity index (χ4v) is 4.74. The number of benzene rings is 1.